The molecule has 0 radical (unpaired) electrons. The molecular formula is C19H22ClN3O4. The average Bonchev–Trinajstić information content (AvgIpc) is 2.67. The van der Waals surface area contributed by atoms with Gasteiger partial charge >= 0.3 is 0 Å². The Morgan fingerprint density at radius 1 is 1.19 bits per heavy atom. The quantitative estimate of drug-likeness (QED) is 0.675. The van der Waals surface area contributed by atoms with Crippen LogP contribution in [-0.2, 0) is 4.74 Å². The van der Waals surface area contributed by atoms with E-state index in [4.69, 9.17) is 21.1 Å². The Labute approximate surface area is 163 Å². The van der Waals surface area contributed by atoms with E-state index in [0.29, 0.717) is 41.6 Å². The number of amides is 2. The maximum Gasteiger partial charge on any atom is 0.269 e. The van der Waals surface area contributed by atoms with Gasteiger partial charge in [0.25, 0.3) is 11.8 Å². The molecule has 7 nitrogen and oxygen atoms in total. The van der Waals surface area contributed by atoms with Crippen molar-refractivity contribution in [1.82, 2.24) is 10.3 Å². The molecule has 27 heavy (non-hydrogen) atoms. The molecule has 2 rings (SSSR count). The molecule has 0 aliphatic heterocycles. The molecule has 0 fully saturated rings. The highest BCUT2D eigenvalue weighted by atomic mass is 35.5. The Morgan fingerprint density at radius 2 is 1.96 bits per heavy atom. The second kappa shape index (κ2) is 9.89. The number of halogens is 1. The predicted octanol–water partition coefficient (Wildman–Crippen LogP) is 3.07. The van der Waals surface area contributed by atoms with Crippen LogP contribution in [0.5, 0.6) is 5.75 Å². The van der Waals surface area contributed by atoms with Gasteiger partial charge in [-0.05, 0) is 37.1 Å². The summed E-state index contributed by atoms with van der Waals surface area (Å²) in [5.74, 6) is -0.282. The van der Waals surface area contributed by atoms with Gasteiger partial charge in [0.15, 0.2) is 0 Å². The smallest absolute Gasteiger partial charge is 0.269 e. The van der Waals surface area contributed by atoms with Crippen molar-refractivity contribution in [3.8, 4) is 5.75 Å². The van der Waals surface area contributed by atoms with E-state index >= 15 is 0 Å². The summed E-state index contributed by atoms with van der Waals surface area (Å²) in [6.07, 6.45) is 2.11. The first-order valence-electron chi connectivity index (χ1n) is 8.35. The SMILES string of the molecule is COCCCNC(=O)c1cc(C(=O)Nc2cc(C)c(Cl)cc2OC)ccn1. The molecule has 2 aromatic rings. The molecule has 0 bridgehead atoms. The number of hydrogen-bond acceptors (Lipinski definition) is 5. The summed E-state index contributed by atoms with van der Waals surface area (Å²) < 4.78 is 10.2. The summed E-state index contributed by atoms with van der Waals surface area (Å²) in [5.41, 5.74) is 1.77. The van der Waals surface area contributed by atoms with Gasteiger partial charge in [-0.3, -0.25) is 14.6 Å². The van der Waals surface area contributed by atoms with Gasteiger partial charge in [-0.15, -0.1) is 0 Å². The molecule has 0 unspecified atom stereocenters. The van der Waals surface area contributed by atoms with Crippen LogP contribution in [-0.4, -0.2) is 44.2 Å². The van der Waals surface area contributed by atoms with Crippen molar-refractivity contribution in [2.24, 2.45) is 0 Å². The predicted molar refractivity (Wildman–Crippen MR) is 104 cm³/mol. The number of aryl methyl sites for hydroxylation is 1. The Morgan fingerprint density at radius 3 is 2.67 bits per heavy atom. The van der Waals surface area contributed by atoms with Gasteiger partial charge in [0.1, 0.15) is 11.4 Å². The third-order valence-electron chi connectivity index (χ3n) is 3.79. The summed E-state index contributed by atoms with van der Waals surface area (Å²) in [7, 11) is 3.09. The maximum absolute atomic E-state index is 12.6. The third-order valence-corrected chi connectivity index (χ3v) is 4.20. The van der Waals surface area contributed by atoms with Crippen LogP contribution < -0.4 is 15.4 Å². The van der Waals surface area contributed by atoms with Crippen molar-refractivity contribution >= 4 is 29.1 Å². The van der Waals surface area contributed by atoms with E-state index < -0.39 is 0 Å². The van der Waals surface area contributed by atoms with Gasteiger partial charge in [0.05, 0.1) is 12.8 Å². The molecule has 2 amide bonds. The minimum Gasteiger partial charge on any atom is -0.495 e. The summed E-state index contributed by atoms with van der Waals surface area (Å²) >= 11 is 6.08. The van der Waals surface area contributed by atoms with Crippen molar-refractivity contribution in [1.29, 1.82) is 0 Å². The van der Waals surface area contributed by atoms with Crippen molar-refractivity contribution in [2.75, 3.05) is 32.7 Å². The average molecular weight is 392 g/mol. The summed E-state index contributed by atoms with van der Waals surface area (Å²) in [5, 5.41) is 6.05. The minimum absolute atomic E-state index is 0.166. The van der Waals surface area contributed by atoms with Crippen LogP contribution in [0.4, 0.5) is 5.69 Å². The van der Waals surface area contributed by atoms with Gasteiger partial charge < -0.3 is 20.1 Å². The Balaban J connectivity index is 2.11. The molecule has 0 aliphatic carbocycles. The number of anilines is 1. The number of nitrogens with one attached hydrogen (secondary N) is 2. The highest BCUT2D eigenvalue weighted by Gasteiger charge is 2.14. The van der Waals surface area contributed by atoms with E-state index in [2.05, 4.69) is 15.6 Å². The lowest BCUT2D eigenvalue weighted by atomic mass is 10.1. The number of pyridine rings is 1. The van der Waals surface area contributed by atoms with Crippen LogP contribution in [0.2, 0.25) is 5.02 Å². The highest BCUT2D eigenvalue weighted by molar-refractivity contribution is 6.31. The van der Waals surface area contributed by atoms with E-state index in [0.717, 1.165) is 5.56 Å². The topological polar surface area (TPSA) is 89.5 Å². The molecular weight excluding hydrogens is 370 g/mol. The lowest BCUT2D eigenvalue weighted by Crippen LogP contribution is -2.26. The van der Waals surface area contributed by atoms with Gasteiger partial charge in [0.2, 0.25) is 0 Å². The number of nitrogens with zero attached hydrogens (tertiary/aromatic N) is 1. The van der Waals surface area contributed by atoms with Gasteiger partial charge in [0, 0.05) is 43.1 Å². The fraction of sp³-hybridized carbons (Fsp3) is 0.316. The highest BCUT2D eigenvalue weighted by Crippen LogP contribution is 2.31. The van der Waals surface area contributed by atoms with Gasteiger partial charge in [-0.1, -0.05) is 11.6 Å². The molecule has 0 saturated carbocycles. The zero-order valence-corrected chi connectivity index (χ0v) is 16.2. The first-order valence-corrected chi connectivity index (χ1v) is 8.72. The Hall–Kier alpha value is -2.64. The van der Waals surface area contributed by atoms with Crippen LogP contribution in [0.15, 0.2) is 30.5 Å². The largest absolute Gasteiger partial charge is 0.495 e. The van der Waals surface area contributed by atoms with E-state index in [-0.39, 0.29) is 17.5 Å². The number of hydrogen-bond donors (Lipinski definition) is 2. The second-order valence-electron chi connectivity index (χ2n) is 5.79. The minimum atomic E-state index is -0.383. The number of benzene rings is 1. The summed E-state index contributed by atoms with van der Waals surface area (Å²) in [6, 6.07) is 6.34. The number of ether oxygens (including phenoxy) is 2. The van der Waals surface area contributed by atoms with Crippen molar-refractivity contribution in [2.45, 2.75) is 13.3 Å². The van der Waals surface area contributed by atoms with Crippen molar-refractivity contribution in [3.05, 3.63) is 52.3 Å². The lowest BCUT2D eigenvalue weighted by molar-refractivity contribution is 0.0943. The second-order valence-corrected chi connectivity index (χ2v) is 6.20. The zero-order chi connectivity index (χ0) is 19.8. The standard InChI is InChI=1S/C19H22ClN3O4/c1-12-9-15(17(27-3)11-14(12)20)23-18(24)13-5-7-21-16(10-13)19(25)22-6-4-8-26-2/h5,7,9-11H,4,6,8H2,1-3H3,(H,22,25)(H,23,24). The molecule has 8 heteroatoms. The normalized spacial score (nSPS) is 10.4. The number of carbonyl (C=O) groups excluding carboxylic acids is 2. The van der Waals surface area contributed by atoms with Crippen LogP contribution >= 0.6 is 11.6 Å². The molecule has 144 valence electrons. The van der Waals surface area contributed by atoms with E-state index in [1.54, 1.807) is 19.2 Å². The molecule has 0 atom stereocenters. The van der Waals surface area contributed by atoms with E-state index in [1.807, 2.05) is 6.92 Å². The zero-order valence-electron chi connectivity index (χ0n) is 15.5. The molecule has 0 aliphatic rings. The van der Waals surface area contributed by atoms with Gasteiger partial charge in [-0.25, -0.2) is 0 Å². The lowest BCUT2D eigenvalue weighted by Gasteiger charge is -2.12. The van der Waals surface area contributed by atoms with E-state index in [9.17, 15) is 9.59 Å². The first kappa shape index (κ1) is 20.7. The molecule has 1 aromatic carbocycles. The van der Waals surface area contributed by atoms with Crippen LogP contribution in [0.3, 0.4) is 0 Å². The fourth-order valence-electron chi connectivity index (χ4n) is 2.33. The fourth-order valence-corrected chi connectivity index (χ4v) is 2.48. The van der Waals surface area contributed by atoms with Gasteiger partial charge in [-0.2, -0.15) is 0 Å². The van der Waals surface area contributed by atoms with Crippen LogP contribution in [0.25, 0.3) is 0 Å². The number of carbonyl (C=O) groups is 2. The van der Waals surface area contributed by atoms with Crippen molar-refractivity contribution in [3.63, 3.8) is 0 Å². The third kappa shape index (κ3) is 5.67. The first-order chi connectivity index (χ1) is 13.0. The maximum atomic E-state index is 12.6. The summed E-state index contributed by atoms with van der Waals surface area (Å²) in [6.45, 7) is 2.85. The van der Waals surface area contributed by atoms with Crippen molar-refractivity contribution < 1.29 is 19.1 Å². The monoisotopic (exact) mass is 391 g/mol. The van der Waals surface area contributed by atoms with Crippen LogP contribution in [0, 0.1) is 6.92 Å². The Kier molecular flexibility index (Phi) is 7.57. The summed E-state index contributed by atoms with van der Waals surface area (Å²) in [4.78, 5) is 28.7. The van der Waals surface area contributed by atoms with Crippen LogP contribution in [0.1, 0.15) is 32.8 Å². The Bertz CT molecular complexity index is 827. The molecule has 0 saturated heterocycles. The molecule has 2 N–H and O–H groups in total. The molecule has 0 spiro atoms. The molecule has 1 heterocycles. The molecule has 1 aromatic heterocycles. The van der Waals surface area contributed by atoms with E-state index in [1.165, 1.54) is 25.4 Å². The number of aromatic nitrogens is 1. The number of rotatable bonds is 8. The number of methoxy groups -OCH3 is 2.